The Morgan fingerprint density at radius 1 is 1.27 bits per heavy atom. The number of benzene rings is 2. The average Bonchev–Trinajstić information content (AvgIpc) is 2.85. The molecule has 0 aliphatic carbocycles. The smallest absolute Gasteiger partial charge is 0.227 e. The van der Waals surface area contributed by atoms with Crippen LogP contribution < -0.4 is 0 Å². The normalized spacial score (nSPS) is 12.1. The number of hydrogen-bond donors (Lipinski definition) is 1. The van der Waals surface area contributed by atoms with E-state index in [9.17, 15) is 5.11 Å². The van der Waals surface area contributed by atoms with Gasteiger partial charge in [-0.25, -0.2) is 4.98 Å². The van der Waals surface area contributed by atoms with Crippen molar-refractivity contribution in [3.63, 3.8) is 0 Å². The molecule has 0 saturated carbocycles. The van der Waals surface area contributed by atoms with E-state index in [0.717, 1.165) is 15.6 Å². The molecule has 5 heteroatoms. The van der Waals surface area contributed by atoms with Crippen LogP contribution in [0.4, 0.5) is 0 Å². The van der Waals surface area contributed by atoms with Gasteiger partial charge < -0.3 is 9.52 Å². The van der Waals surface area contributed by atoms with Gasteiger partial charge >= 0.3 is 0 Å². The fraction of sp³-hybridized carbons (Fsp3) is 0.235. The first-order valence-corrected chi connectivity index (χ1v) is 8.03. The van der Waals surface area contributed by atoms with E-state index in [1.54, 1.807) is 19.9 Å². The van der Waals surface area contributed by atoms with Gasteiger partial charge in [0, 0.05) is 10.0 Å². The van der Waals surface area contributed by atoms with Crippen molar-refractivity contribution in [3.8, 4) is 11.5 Å². The summed E-state index contributed by atoms with van der Waals surface area (Å²) in [4.78, 5) is 4.54. The van der Waals surface area contributed by atoms with E-state index < -0.39 is 5.60 Å². The molecule has 3 aromatic rings. The first-order chi connectivity index (χ1) is 10.3. The van der Waals surface area contributed by atoms with E-state index in [1.807, 2.05) is 31.2 Å². The van der Waals surface area contributed by atoms with Crippen molar-refractivity contribution in [3.05, 3.63) is 51.0 Å². The fourth-order valence-corrected chi connectivity index (χ4v) is 2.92. The molecule has 0 fully saturated rings. The Balaban J connectivity index is 2.22. The third kappa shape index (κ3) is 2.67. The van der Waals surface area contributed by atoms with Gasteiger partial charge in [-0.15, -0.1) is 0 Å². The molecule has 3 rings (SSSR count). The van der Waals surface area contributed by atoms with Crippen LogP contribution >= 0.6 is 27.5 Å². The van der Waals surface area contributed by atoms with Gasteiger partial charge in [0.05, 0.1) is 10.6 Å². The maximum atomic E-state index is 10.2. The lowest BCUT2D eigenvalue weighted by Crippen LogP contribution is -2.15. The molecule has 0 aliphatic rings. The van der Waals surface area contributed by atoms with Gasteiger partial charge in [0.25, 0.3) is 0 Å². The summed E-state index contributed by atoms with van der Waals surface area (Å²) < 4.78 is 6.84. The predicted molar refractivity (Wildman–Crippen MR) is 92.1 cm³/mol. The molecule has 1 aromatic heterocycles. The van der Waals surface area contributed by atoms with Crippen molar-refractivity contribution in [1.29, 1.82) is 0 Å². The number of rotatable bonds is 2. The summed E-state index contributed by atoms with van der Waals surface area (Å²) in [6.45, 7) is 5.42. The summed E-state index contributed by atoms with van der Waals surface area (Å²) in [5, 5.41) is 10.6. The van der Waals surface area contributed by atoms with Crippen LogP contribution in [0.1, 0.15) is 25.0 Å². The van der Waals surface area contributed by atoms with Crippen LogP contribution in [0.25, 0.3) is 22.6 Å². The molecule has 0 atom stereocenters. The third-order valence-electron chi connectivity index (χ3n) is 3.65. The zero-order valence-electron chi connectivity index (χ0n) is 12.4. The molecule has 0 unspecified atom stereocenters. The summed E-state index contributed by atoms with van der Waals surface area (Å²) in [5.41, 5.74) is 2.85. The Bertz CT molecular complexity index is 865. The third-order valence-corrected chi connectivity index (χ3v) is 4.79. The molecule has 2 aromatic carbocycles. The van der Waals surface area contributed by atoms with Gasteiger partial charge in [-0.1, -0.05) is 33.6 Å². The molecule has 1 N–H and O–H groups in total. The van der Waals surface area contributed by atoms with E-state index in [2.05, 4.69) is 20.9 Å². The first kappa shape index (κ1) is 15.5. The highest BCUT2D eigenvalue weighted by atomic mass is 79.9. The van der Waals surface area contributed by atoms with Crippen LogP contribution in [-0.2, 0) is 5.60 Å². The van der Waals surface area contributed by atoms with Gasteiger partial charge in [0.15, 0.2) is 5.58 Å². The van der Waals surface area contributed by atoms with Crippen molar-refractivity contribution < 1.29 is 9.52 Å². The largest absolute Gasteiger partial charge is 0.434 e. The standard InChI is InChI=1S/C17H15BrClNO2/c1-9-11(5-4-6-12(9)18)16-20-14-8-10(17(2,3)21)7-13(19)15(14)22-16/h4-8,21H,1-3H3. The van der Waals surface area contributed by atoms with E-state index in [1.165, 1.54) is 0 Å². The van der Waals surface area contributed by atoms with Crippen LogP contribution in [-0.4, -0.2) is 10.1 Å². The average molecular weight is 381 g/mol. The summed E-state index contributed by atoms with van der Waals surface area (Å²) >= 11 is 9.80. The summed E-state index contributed by atoms with van der Waals surface area (Å²) in [7, 11) is 0. The van der Waals surface area contributed by atoms with Crippen molar-refractivity contribution in [2.45, 2.75) is 26.4 Å². The monoisotopic (exact) mass is 379 g/mol. The van der Waals surface area contributed by atoms with E-state index >= 15 is 0 Å². The van der Waals surface area contributed by atoms with Crippen LogP contribution in [0.15, 0.2) is 39.2 Å². The van der Waals surface area contributed by atoms with E-state index in [0.29, 0.717) is 27.6 Å². The SMILES string of the molecule is Cc1c(Br)cccc1-c1nc2cc(C(C)(C)O)cc(Cl)c2o1. The maximum Gasteiger partial charge on any atom is 0.227 e. The highest BCUT2D eigenvalue weighted by Gasteiger charge is 2.21. The van der Waals surface area contributed by atoms with E-state index in [4.69, 9.17) is 16.0 Å². The molecule has 1 heterocycles. The highest BCUT2D eigenvalue weighted by Crippen LogP contribution is 2.35. The van der Waals surface area contributed by atoms with Crippen molar-refractivity contribution in [2.24, 2.45) is 0 Å². The van der Waals surface area contributed by atoms with Gasteiger partial charge in [-0.2, -0.15) is 0 Å². The Morgan fingerprint density at radius 3 is 2.68 bits per heavy atom. The lowest BCUT2D eigenvalue weighted by molar-refractivity contribution is 0.0787. The zero-order valence-corrected chi connectivity index (χ0v) is 14.8. The zero-order chi connectivity index (χ0) is 16.1. The first-order valence-electron chi connectivity index (χ1n) is 6.86. The van der Waals surface area contributed by atoms with Crippen molar-refractivity contribution in [1.82, 2.24) is 4.98 Å². The maximum absolute atomic E-state index is 10.2. The second kappa shape index (κ2) is 5.37. The topological polar surface area (TPSA) is 46.3 Å². The molecule has 114 valence electrons. The second-order valence-electron chi connectivity index (χ2n) is 5.80. The molecular weight excluding hydrogens is 366 g/mol. The molecular formula is C17H15BrClNO2. The van der Waals surface area contributed by atoms with Crippen LogP contribution in [0.3, 0.4) is 0 Å². The number of oxazole rings is 1. The second-order valence-corrected chi connectivity index (χ2v) is 7.06. The summed E-state index contributed by atoms with van der Waals surface area (Å²) in [6, 6.07) is 9.38. The van der Waals surface area contributed by atoms with Gasteiger partial charge in [-0.05, 0) is 56.2 Å². The van der Waals surface area contributed by atoms with Gasteiger partial charge in [0.2, 0.25) is 5.89 Å². The Morgan fingerprint density at radius 2 is 2.00 bits per heavy atom. The minimum atomic E-state index is -0.983. The molecule has 0 saturated heterocycles. The van der Waals surface area contributed by atoms with Crippen molar-refractivity contribution in [2.75, 3.05) is 0 Å². The molecule has 0 amide bonds. The Kier molecular flexibility index (Phi) is 3.79. The summed E-state index contributed by atoms with van der Waals surface area (Å²) in [6.07, 6.45) is 0. The molecule has 0 aliphatic heterocycles. The Hall–Kier alpha value is -1.36. The number of halogens is 2. The molecule has 0 spiro atoms. The number of aromatic nitrogens is 1. The lowest BCUT2D eigenvalue weighted by Gasteiger charge is -2.17. The lowest BCUT2D eigenvalue weighted by atomic mass is 9.98. The minimum Gasteiger partial charge on any atom is -0.434 e. The molecule has 0 radical (unpaired) electrons. The van der Waals surface area contributed by atoms with Gasteiger partial charge in [-0.3, -0.25) is 0 Å². The van der Waals surface area contributed by atoms with Gasteiger partial charge in [0.1, 0.15) is 5.52 Å². The molecule has 22 heavy (non-hydrogen) atoms. The summed E-state index contributed by atoms with van der Waals surface area (Å²) in [5.74, 6) is 0.517. The van der Waals surface area contributed by atoms with Crippen LogP contribution in [0.5, 0.6) is 0 Å². The molecule has 0 bridgehead atoms. The van der Waals surface area contributed by atoms with Crippen LogP contribution in [0, 0.1) is 6.92 Å². The minimum absolute atomic E-state index is 0.445. The Labute approximate surface area is 142 Å². The number of hydrogen-bond acceptors (Lipinski definition) is 3. The number of aliphatic hydroxyl groups is 1. The van der Waals surface area contributed by atoms with Crippen LogP contribution in [0.2, 0.25) is 5.02 Å². The quantitative estimate of drug-likeness (QED) is 0.643. The number of fused-ring (bicyclic) bond motifs is 1. The molecule has 3 nitrogen and oxygen atoms in total. The highest BCUT2D eigenvalue weighted by molar-refractivity contribution is 9.10. The van der Waals surface area contributed by atoms with Crippen molar-refractivity contribution >= 4 is 38.6 Å². The predicted octanol–water partition coefficient (Wildman–Crippen LogP) is 5.45. The fourth-order valence-electron chi connectivity index (χ4n) is 2.30. The number of nitrogens with zero attached hydrogens (tertiary/aromatic N) is 1. The van der Waals surface area contributed by atoms with E-state index in [-0.39, 0.29) is 0 Å².